The molecule has 0 saturated heterocycles. The second-order valence-electron chi connectivity index (χ2n) is 4.09. The van der Waals surface area contributed by atoms with Gasteiger partial charge in [0.15, 0.2) is 0 Å². The molecule has 0 bridgehead atoms. The Morgan fingerprint density at radius 2 is 1.89 bits per heavy atom. The Balaban J connectivity index is 2.28. The summed E-state index contributed by atoms with van der Waals surface area (Å²) in [6.07, 6.45) is 3.65. The molecule has 1 heterocycles. The topological polar surface area (TPSA) is 36.7 Å². The summed E-state index contributed by atoms with van der Waals surface area (Å²) < 4.78 is 0. The van der Waals surface area contributed by atoms with Gasteiger partial charge in [0, 0.05) is 17.8 Å². The Bertz CT molecular complexity index is 749. The number of hydrogen-bond acceptors (Lipinski definition) is 2. The molecule has 0 saturated carbocycles. The second kappa shape index (κ2) is 4.31. The first-order chi connectivity index (χ1) is 8.88. The quantitative estimate of drug-likeness (QED) is 0.638. The lowest BCUT2D eigenvalue weighted by Crippen LogP contribution is -1.83. The molecule has 0 amide bonds. The van der Waals surface area contributed by atoms with E-state index in [9.17, 15) is 0 Å². The molecule has 0 spiro atoms. The zero-order valence-electron chi connectivity index (χ0n) is 9.67. The SMILES string of the molecule is N#Cc1cccc(-c2cccc3cnccc23)c1. The van der Waals surface area contributed by atoms with Gasteiger partial charge < -0.3 is 0 Å². The summed E-state index contributed by atoms with van der Waals surface area (Å²) in [5.74, 6) is 0. The summed E-state index contributed by atoms with van der Waals surface area (Å²) >= 11 is 0. The number of hydrogen-bond donors (Lipinski definition) is 0. The van der Waals surface area contributed by atoms with Gasteiger partial charge in [-0.25, -0.2) is 0 Å². The minimum atomic E-state index is 0.679. The molecule has 0 unspecified atom stereocenters. The molecule has 2 nitrogen and oxygen atoms in total. The predicted octanol–water partition coefficient (Wildman–Crippen LogP) is 3.77. The van der Waals surface area contributed by atoms with Gasteiger partial charge in [0.05, 0.1) is 11.6 Å². The van der Waals surface area contributed by atoms with E-state index in [4.69, 9.17) is 5.26 Å². The maximum atomic E-state index is 8.96. The largest absolute Gasteiger partial charge is 0.264 e. The van der Waals surface area contributed by atoms with Crippen molar-refractivity contribution in [1.82, 2.24) is 4.98 Å². The van der Waals surface area contributed by atoms with Gasteiger partial charge >= 0.3 is 0 Å². The Labute approximate surface area is 105 Å². The maximum absolute atomic E-state index is 8.96. The lowest BCUT2D eigenvalue weighted by molar-refractivity contribution is 1.36. The van der Waals surface area contributed by atoms with Crippen LogP contribution in [0.4, 0.5) is 0 Å². The van der Waals surface area contributed by atoms with Gasteiger partial charge in [0.2, 0.25) is 0 Å². The van der Waals surface area contributed by atoms with E-state index >= 15 is 0 Å². The highest BCUT2D eigenvalue weighted by Crippen LogP contribution is 2.28. The van der Waals surface area contributed by atoms with Crippen molar-refractivity contribution < 1.29 is 0 Å². The Kier molecular flexibility index (Phi) is 2.51. The third-order valence-electron chi connectivity index (χ3n) is 2.98. The molecule has 0 radical (unpaired) electrons. The van der Waals surface area contributed by atoms with Crippen LogP contribution in [0.2, 0.25) is 0 Å². The van der Waals surface area contributed by atoms with Gasteiger partial charge in [-0.05, 0) is 34.7 Å². The molecule has 0 aliphatic carbocycles. The van der Waals surface area contributed by atoms with E-state index in [1.54, 1.807) is 6.20 Å². The van der Waals surface area contributed by atoms with Crippen molar-refractivity contribution in [2.75, 3.05) is 0 Å². The molecule has 1 aromatic heterocycles. The molecule has 0 atom stereocenters. The molecular weight excluding hydrogens is 220 g/mol. The minimum Gasteiger partial charge on any atom is -0.264 e. The van der Waals surface area contributed by atoms with Crippen LogP contribution in [0.5, 0.6) is 0 Å². The molecule has 3 aromatic rings. The molecule has 2 heteroatoms. The number of fused-ring (bicyclic) bond motifs is 1. The average Bonchev–Trinajstić information content (AvgIpc) is 2.47. The molecule has 0 aliphatic rings. The van der Waals surface area contributed by atoms with Gasteiger partial charge in [0.25, 0.3) is 0 Å². The summed E-state index contributed by atoms with van der Waals surface area (Å²) in [5, 5.41) is 11.2. The molecule has 0 fully saturated rings. The van der Waals surface area contributed by atoms with Crippen molar-refractivity contribution in [2.45, 2.75) is 0 Å². The fourth-order valence-electron chi connectivity index (χ4n) is 2.13. The van der Waals surface area contributed by atoms with Gasteiger partial charge in [-0.1, -0.05) is 30.3 Å². The lowest BCUT2D eigenvalue weighted by atomic mass is 9.98. The van der Waals surface area contributed by atoms with Crippen molar-refractivity contribution in [3.05, 3.63) is 66.5 Å². The van der Waals surface area contributed by atoms with E-state index in [-0.39, 0.29) is 0 Å². The minimum absolute atomic E-state index is 0.679. The summed E-state index contributed by atoms with van der Waals surface area (Å²) in [6, 6.07) is 18.0. The zero-order chi connectivity index (χ0) is 12.4. The van der Waals surface area contributed by atoms with E-state index in [1.165, 1.54) is 0 Å². The van der Waals surface area contributed by atoms with E-state index in [1.807, 2.05) is 48.7 Å². The van der Waals surface area contributed by atoms with Crippen molar-refractivity contribution in [3.8, 4) is 17.2 Å². The predicted molar refractivity (Wildman–Crippen MR) is 71.9 cm³/mol. The molecule has 3 rings (SSSR count). The number of rotatable bonds is 1. The van der Waals surface area contributed by atoms with Gasteiger partial charge in [0.1, 0.15) is 0 Å². The van der Waals surface area contributed by atoms with Crippen molar-refractivity contribution in [3.63, 3.8) is 0 Å². The highest BCUT2D eigenvalue weighted by Gasteiger charge is 2.03. The van der Waals surface area contributed by atoms with Gasteiger partial charge in [-0.3, -0.25) is 4.98 Å². The third kappa shape index (κ3) is 1.72. The van der Waals surface area contributed by atoms with E-state index in [0.717, 1.165) is 21.9 Å². The fourth-order valence-corrected chi connectivity index (χ4v) is 2.13. The standard InChI is InChI=1S/C16H10N2/c17-10-12-3-1-4-13(9-12)15-6-2-5-14-11-18-8-7-16(14)15/h1-9,11H. The van der Waals surface area contributed by atoms with Crippen molar-refractivity contribution in [1.29, 1.82) is 5.26 Å². The second-order valence-corrected chi connectivity index (χ2v) is 4.09. The fraction of sp³-hybridized carbons (Fsp3) is 0. The third-order valence-corrected chi connectivity index (χ3v) is 2.98. The summed E-state index contributed by atoms with van der Waals surface area (Å²) in [6.45, 7) is 0. The van der Waals surface area contributed by atoms with E-state index in [2.05, 4.69) is 17.1 Å². The highest BCUT2D eigenvalue weighted by molar-refractivity contribution is 5.96. The van der Waals surface area contributed by atoms with Crippen LogP contribution in [0.1, 0.15) is 5.56 Å². The Morgan fingerprint density at radius 3 is 2.78 bits per heavy atom. The van der Waals surface area contributed by atoms with E-state index in [0.29, 0.717) is 5.56 Å². The van der Waals surface area contributed by atoms with Gasteiger partial charge in [-0.15, -0.1) is 0 Å². The summed E-state index contributed by atoms with van der Waals surface area (Å²) in [5.41, 5.74) is 2.87. The number of benzene rings is 2. The number of nitriles is 1. The Hall–Kier alpha value is -2.66. The van der Waals surface area contributed by atoms with Crippen molar-refractivity contribution in [2.24, 2.45) is 0 Å². The van der Waals surface area contributed by atoms with Crippen LogP contribution in [0.15, 0.2) is 60.9 Å². The smallest absolute Gasteiger partial charge is 0.0991 e. The lowest BCUT2D eigenvalue weighted by Gasteiger charge is -2.06. The molecule has 2 aromatic carbocycles. The first-order valence-corrected chi connectivity index (χ1v) is 5.72. The normalized spacial score (nSPS) is 10.2. The summed E-state index contributed by atoms with van der Waals surface area (Å²) in [7, 11) is 0. The average molecular weight is 230 g/mol. The van der Waals surface area contributed by atoms with Crippen LogP contribution in [-0.4, -0.2) is 4.98 Å². The first-order valence-electron chi connectivity index (χ1n) is 5.72. The highest BCUT2D eigenvalue weighted by atomic mass is 14.6. The molecule has 0 N–H and O–H groups in total. The maximum Gasteiger partial charge on any atom is 0.0991 e. The van der Waals surface area contributed by atoms with Gasteiger partial charge in [-0.2, -0.15) is 5.26 Å². The van der Waals surface area contributed by atoms with Crippen LogP contribution >= 0.6 is 0 Å². The van der Waals surface area contributed by atoms with Crippen LogP contribution in [0.3, 0.4) is 0 Å². The van der Waals surface area contributed by atoms with Crippen LogP contribution in [0.25, 0.3) is 21.9 Å². The number of aromatic nitrogens is 1. The molecule has 0 aliphatic heterocycles. The molecule has 84 valence electrons. The Morgan fingerprint density at radius 1 is 1.00 bits per heavy atom. The van der Waals surface area contributed by atoms with Crippen LogP contribution < -0.4 is 0 Å². The van der Waals surface area contributed by atoms with Crippen LogP contribution in [0, 0.1) is 11.3 Å². The number of pyridine rings is 1. The van der Waals surface area contributed by atoms with E-state index < -0.39 is 0 Å². The molecular formula is C16H10N2. The summed E-state index contributed by atoms with van der Waals surface area (Å²) in [4.78, 5) is 4.13. The van der Waals surface area contributed by atoms with Crippen molar-refractivity contribution >= 4 is 10.8 Å². The van der Waals surface area contributed by atoms with Crippen LogP contribution in [-0.2, 0) is 0 Å². The first kappa shape index (κ1) is 10.5. The monoisotopic (exact) mass is 230 g/mol. The molecule has 18 heavy (non-hydrogen) atoms. The zero-order valence-corrected chi connectivity index (χ0v) is 9.67. The number of nitrogens with zero attached hydrogens (tertiary/aromatic N) is 2.